The predicted octanol–water partition coefficient (Wildman–Crippen LogP) is 2.10. The monoisotopic (exact) mass is 368 g/mol. The molecule has 2 rings (SSSR count). The second-order valence-electron chi connectivity index (χ2n) is 6.14. The highest BCUT2D eigenvalue weighted by atomic mass is 16.5. The molecule has 0 atom stereocenters. The van der Waals surface area contributed by atoms with Gasteiger partial charge in [0.05, 0.1) is 6.61 Å². The Labute approximate surface area is 161 Å². The molecule has 0 saturated heterocycles. The van der Waals surface area contributed by atoms with Gasteiger partial charge in [-0.2, -0.15) is 0 Å². The van der Waals surface area contributed by atoms with Crippen LogP contribution in [-0.4, -0.2) is 39.6 Å². The van der Waals surface area contributed by atoms with Crippen molar-refractivity contribution in [2.24, 2.45) is 4.99 Å². The van der Waals surface area contributed by atoms with E-state index in [4.69, 9.17) is 4.74 Å². The number of hydrogen-bond donors (Lipinski definition) is 3. The minimum absolute atomic E-state index is 0.0713. The summed E-state index contributed by atoms with van der Waals surface area (Å²) in [7, 11) is 5.08. The third-order valence-electron chi connectivity index (χ3n) is 4.11. The summed E-state index contributed by atoms with van der Waals surface area (Å²) in [4.78, 5) is 16.0. The molecule has 3 N–H and O–H groups in total. The van der Waals surface area contributed by atoms with Crippen LogP contribution in [0, 0.1) is 0 Å². The van der Waals surface area contributed by atoms with Crippen LogP contribution in [0.3, 0.4) is 0 Å². The number of nitrogens with one attached hydrogen (secondary N) is 3. The Hall–Kier alpha value is -2.86. The van der Waals surface area contributed by atoms with Gasteiger partial charge in [0.25, 0.3) is 5.91 Å². The first-order valence-corrected chi connectivity index (χ1v) is 8.98. The van der Waals surface area contributed by atoms with E-state index in [2.05, 4.69) is 33.1 Å². The molecule has 0 bridgehead atoms. The van der Waals surface area contributed by atoms with Crippen molar-refractivity contribution in [1.82, 2.24) is 16.0 Å². The van der Waals surface area contributed by atoms with Crippen LogP contribution in [0.15, 0.2) is 53.5 Å². The summed E-state index contributed by atoms with van der Waals surface area (Å²) in [5, 5.41) is 9.26. The maximum atomic E-state index is 11.7. The molecular weight excluding hydrogens is 340 g/mol. The molecule has 6 heteroatoms. The van der Waals surface area contributed by atoms with E-state index in [1.54, 1.807) is 21.2 Å². The summed E-state index contributed by atoms with van der Waals surface area (Å²) in [6.07, 6.45) is 0.800. The molecule has 2 aromatic carbocycles. The van der Waals surface area contributed by atoms with Gasteiger partial charge in [0.1, 0.15) is 0 Å². The van der Waals surface area contributed by atoms with Gasteiger partial charge < -0.3 is 20.7 Å². The third kappa shape index (κ3) is 6.75. The third-order valence-corrected chi connectivity index (χ3v) is 4.11. The largest absolute Gasteiger partial charge is 0.380 e. The maximum absolute atomic E-state index is 11.7. The van der Waals surface area contributed by atoms with Crippen LogP contribution >= 0.6 is 0 Å². The highest BCUT2D eigenvalue weighted by Gasteiger charge is 2.04. The highest BCUT2D eigenvalue weighted by molar-refractivity contribution is 5.94. The quantitative estimate of drug-likeness (QED) is 0.493. The van der Waals surface area contributed by atoms with E-state index in [0.29, 0.717) is 18.7 Å². The van der Waals surface area contributed by atoms with E-state index in [0.717, 1.165) is 30.1 Å². The number of aliphatic imine (C=N–C) groups is 1. The van der Waals surface area contributed by atoms with Crippen LogP contribution in [-0.2, 0) is 24.3 Å². The van der Waals surface area contributed by atoms with Crippen LogP contribution in [0.1, 0.15) is 27.0 Å². The fourth-order valence-corrected chi connectivity index (χ4v) is 2.74. The second-order valence-corrected chi connectivity index (χ2v) is 6.14. The zero-order valence-corrected chi connectivity index (χ0v) is 16.2. The molecule has 0 heterocycles. The van der Waals surface area contributed by atoms with E-state index in [-0.39, 0.29) is 5.91 Å². The molecular formula is C21H28N4O2. The fourth-order valence-electron chi connectivity index (χ4n) is 2.74. The van der Waals surface area contributed by atoms with Crippen molar-refractivity contribution in [1.29, 1.82) is 0 Å². The summed E-state index contributed by atoms with van der Waals surface area (Å²) in [6.45, 7) is 2.01. The number of methoxy groups -OCH3 is 1. The number of hydrogen-bond acceptors (Lipinski definition) is 3. The Kier molecular flexibility index (Phi) is 8.32. The lowest BCUT2D eigenvalue weighted by Gasteiger charge is -2.13. The lowest BCUT2D eigenvalue weighted by atomic mass is 10.1. The number of carbonyl (C=O) groups excluding carboxylic acids is 1. The van der Waals surface area contributed by atoms with Gasteiger partial charge >= 0.3 is 0 Å². The molecule has 0 spiro atoms. The van der Waals surface area contributed by atoms with E-state index >= 15 is 0 Å². The molecule has 0 saturated carbocycles. The molecule has 0 aliphatic heterocycles. The summed E-state index contributed by atoms with van der Waals surface area (Å²) in [5.74, 6) is 0.674. The first-order chi connectivity index (χ1) is 13.2. The molecule has 0 aliphatic carbocycles. The van der Waals surface area contributed by atoms with Crippen molar-refractivity contribution < 1.29 is 9.53 Å². The predicted molar refractivity (Wildman–Crippen MR) is 109 cm³/mol. The Morgan fingerprint density at radius 2 is 1.78 bits per heavy atom. The average molecular weight is 368 g/mol. The van der Waals surface area contributed by atoms with E-state index in [1.165, 1.54) is 5.56 Å². The van der Waals surface area contributed by atoms with Crippen LogP contribution in [0.2, 0.25) is 0 Å². The number of nitrogens with zero attached hydrogens (tertiary/aromatic N) is 1. The summed E-state index contributed by atoms with van der Waals surface area (Å²) in [6, 6.07) is 15.9. The zero-order chi connectivity index (χ0) is 19.5. The summed E-state index contributed by atoms with van der Waals surface area (Å²) < 4.78 is 5.17. The summed E-state index contributed by atoms with van der Waals surface area (Å²) in [5.41, 5.74) is 4.10. The topological polar surface area (TPSA) is 74.8 Å². The molecule has 0 aliphatic rings. The van der Waals surface area contributed by atoms with E-state index < -0.39 is 0 Å². The van der Waals surface area contributed by atoms with Crippen molar-refractivity contribution in [3.05, 3.63) is 70.8 Å². The van der Waals surface area contributed by atoms with E-state index in [9.17, 15) is 4.79 Å². The number of ether oxygens (including phenoxy) is 1. The van der Waals surface area contributed by atoms with Gasteiger partial charge in [0.2, 0.25) is 0 Å². The highest BCUT2D eigenvalue weighted by Crippen LogP contribution is 2.07. The molecule has 0 unspecified atom stereocenters. The molecule has 0 radical (unpaired) electrons. The smallest absolute Gasteiger partial charge is 0.251 e. The van der Waals surface area contributed by atoms with Crippen LogP contribution in [0.25, 0.3) is 0 Å². The SMILES string of the molecule is CN=C(NCCc1cccc(C(=O)NC)c1)NCc1cccc(COC)c1. The van der Waals surface area contributed by atoms with Crippen molar-refractivity contribution in [3.63, 3.8) is 0 Å². The first-order valence-electron chi connectivity index (χ1n) is 8.98. The summed E-state index contributed by atoms with van der Waals surface area (Å²) >= 11 is 0. The molecule has 27 heavy (non-hydrogen) atoms. The minimum atomic E-state index is -0.0713. The molecule has 0 aromatic heterocycles. The number of benzene rings is 2. The van der Waals surface area contributed by atoms with E-state index in [1.807, 2.05) is 36.4 Å². The standard InChI is InChI=1S/C21H28N4O2/c1-22-20(26)19-9-5-6-16(13-19)10-11-24-21(23-2)25-14-17-7-4-8-18(12-17)15-27-3/h4-9,12-13H,10-11,14-15H2,1-3H3,(H,22,26)(H2,23,24,25). The molecule has 6 nitrogen and oxygen atoms in total. The van der Waals surface area contributed by atoms with Crippen LogP contribution in [0.4, 0.5) is 0 Å². The van der Waals surface area contributed by atoms with Crippen LogP contribution < -0.4 is 16.0 Å². The number of guanidine groups is 1. The molecule has 2 aromatic rings. The van der Waals surface area contributed by atoms with Gasteiger partial charge in [-0.15, -0.1) is 0 Å². The number of rotatable bonds is 8. The fraction of sp³-hybridized carbons (Fsp3) is 0.333. The number of amides is 1. The maximum Gasteiger partial charge on any atom is 0.251 e. The molecule has 0 fully saturated rings. The van der Waals surface area contributed by atoms with Gasteiger partial charge in [-0.1, -0.05) is 36.4 Å². The average Bonchev–Trinajstić information content (AvgIpc) is 2.70. The molecule has 144 valence electrons. The minimum Gasteiger partial charge on any atom is -0.380 e. The number of carbonyl (C=O) groups is 1. The normalized spacial score (nSPS) is 11.1. The van der Waals surface area contributed by atoms with Gasteiger partial charge in [-0.05, 0) is 35.2 Å². The Morgan fingerprint density at radius 1 is 1.04 bits per heavy atom. The van der Waals surface area contributed by atoms with Gasteiger partial charge in [-0.3, -0.25) is 9.79 Å². The lowest BCUT2D eigenvalue weighted by molar-refractivity contribution is 0.0963. The second kappa shape index (κ2) is 11.0. The Morgan fingerprint density at radius 3 is 2.52 bits per heavy atom. The van der Waals surface area contributed by atoms with Crippen molar-refractivity contribution in [2.75, 3.05) is 27.7 Å². The van der Waals surface area contributed by atoms with Gasteiger partial charge in [-0.25, -0.2) is 0 Å². The molecule has 1 amide bonds. The zero-order valence-electron chi connectivity index (χ0n) is 16.2. The van der Waals surface area contributed by atoms with Crippen LogP contribution in [0.5, 0.6) is 0 Å². The Balaban J connectivity index is 1.82. The first kappa shape index (κ1) is 20.5. The van der Waals surface area contributed by atoms with Gasteiger partial charge in [0.15, 0.2) is 5.96 Å². The van der Waals surface area contributed by atoms with Crippen molar-refractivity contribution >= 4 is 11.9 Å². The van der Waals surface area contributed by atoms with Crippen molar-refractivity contribution in [3.8, 4) is 0 Å². The Bertz CT molecular complexity index is 774. The lowest BCUT2D eigenvalue weighted by Crippen LogP contribution is -2.37. The van der Waals surface area contributed by atoms with Gasteiger partial charge in [0, 0.05) is 39.9 Å². The van der Waals surface area contributed by atoms with Crippen molar-refractivity contribution in [2.45, 2.75) is 19.6 Å².